The van der Waals surface area contributed by atoms with Gasteiger partial charge in [-0.15, -0.1) is 0 Å². The van der Waals surface area contributed by atoms with E-state index in [1.165, 1.54) is 30.3 Å². The quantitative estimate of drug-likeness (QED) is 0.310. The molecule has 0 aliphatic rings. The maximum absolute atomic E-state index is 12.5. The monoisotopic (exact) mass is 369 g/mol. The molecule has 6 nitrogen and oxygen atoms in total. The first-order valence-corrected chi connectivity index (χ1v) is 8.62. The fourth-order valence-corrected chi connectivity index (χ4v) is 2.58. The number of aromatic nitrogens is 1. The topological polar surface area (TPSA) is 99.8 Å². The van der Waals surface area contributed by atoms with Gasteiger partial charge in [-0.2, -0.15) is 4.73 Å². The van der Waals surface area contributed by atoms with Gasteiger partial charge in [0.15, 0.2) is 5.78 Å². The Hall–Kier alpha value is -3.28. The number of hydrogen-bond acceptors (Lipinski definition) is 5. The van der Waals surface area contributed by atoms with E-state index in [1.54, 1.807) is 6.08 Å². The van der Waals surface area contributed by atoms with E-state index in [-0.39, 0.29) is 16.0 Å². The molecule has 0 aliphatic carbocycles. The maximum atomic E-state index is 12.5. The molecule has 0 aliphatic heterocycles. The minimum absolute atomic E-state index is 0.0263. The predicted molar refractivity (Wildman–Crippen MR) is 103 cm³/mol. The van der Waals surface area contributed by atoms with Crippen molar-refractivity contribution < 1.29 is 20.2 Å². The van der Waals surface area contributed by atoms with Gasteiger partial charge in [-0.3, -0.25) is 9.59 Å². The van der Waals surface area contributed by atoms with Crippen molar-refractivity contribution in [2.75, 3.05) is 0 Å². The molecular weight excluding hydrogens is 346 g/mol. The third kappa shape index (κ3) is 4.67. The van der Waals surface area contributed by atoms with Crippen LogP contribution in [0.3, 0.4) is 0 Å². The number of nitrogens with zero attached hydrogens (tertiary/aromatic N) is 1. The van der Waals surface area contributed by atoms with Crippen LogP contribution >= 0.6 is 0 Å². The molecule has 0 fully saturated rings. The SMILES string of the molecule is CC[C@@H](C)/C=C(C)/C=C/C(=O)c1c(O)c(-c2ccc(O)cc2)cn(O)c1=O. The van der Waals surface area contributed by atoms with Gasteiger partial charge in [-0.25, -0.2) is 0 Å². The van der Waals surface area contributed by atoms with Gasteiger partial charge >= 0.3 is 0 Å². The molecule has 0 saturated heterocycles. The van der Waals surface area contributed by atoms with E-state index in [1.807, 2.05) is 13.0 Å². The lowest BCUT2D eigenvalue weighted by molar-refractivity contribution is 0.103. The first kappa shape index (κ1) is 20.0. The predicted octanol–water partition coefficient (Wildman–Crippen LogP) is 3.90. The molecule has 0 bridgehead atoms. The molecule has 1 atom stereocenters. The summed E-state index contributed by atoms with van der Waals surface area (Å²) in [6.45, 7) is 5.95. The van der Waals surface area contributed by atoms with Crippen LogP contribution in [0.4, 0.5) is 0 Å². The highest BCUT2D eigenvalue weighted by Gasteiger charge is 2.21. The number of allylic oxidation sites excluding steroid dienone is 4. The zero-order valence-corrected chi connectivity index (χ0v) is 15.5. The third-order valence-corrected chi connectivity index (χ3v) is 4.28. The van der Waals surface area contributed by atoms with Gasteiger partial charge in [-0.05, 0) is 36.6 Å². The van der Waals surface area contributed by atoms with Crippen molar-refractivity contribution in [3.05, 3.63) is 70.2 Å². The van der Waals surface area contributed by atoms with Crippen LogP contribution in [0.15, 0.2) is 59.1 Å². The van der Waals surface area contributed by atoms with Crippen LogP contribution in [0, 0.1) is 5.92 Å². The number of pyridine rings is 1. The average molecular weight is 369 g/mol. The maximum Gasteiger partial charge on any atom is 0.297 e. The summed E-state index contributed by atoms with van der Waals surface area (Å²) in [7, 11) is 0. The molecule has 0 unspecified atom stereocenters. The Morgan fingerprint density at radius 2 is 1.81 bits per heavy atom. The number of phenols is 1. The summed E-state index contributed by atoms with van der Waals surface area (Å²) < 4.78 is 0.269. The van der Waals surface area contributed by atoms with Crippen molar-refractivity contribution in [2.24, 2.45) is 5.92 Å². The van der Waals surface area contributed by atoms with Crippen LogP contribution < -0.4 is 5.56 Å². The lowest BCUT2D eigenvalue weighted by atomic mass is 10.0. The Kier molecular flexibility index (Phi) is 6.23. The molecule has 0 radical (unpaired) electrons. The number of hydrogen-bond donors (Lipinski definition) is 3. The van der Waals surface area contributed by atoms with Crippen LogP contribution in [0.25, 0.3) is 11.1 Å². The Morgan fingerprint density at radius 3 is 2.41 bits per heavy atom. The number of benzene rings is 1. The molecule has 0 amide bonds. The van der Waals surface area contributed by atoms with Gasteiger partial charge < -0.3 is 15.4 Å². The molecule has 6 heteroatoms. The molecule has 27 heavy (non-hydrogen) atoms. The van der Waals surface area contributed by atoms with Gasteiger partial charge in [0, 0.05) is 5.56 Å². The molecule has 3 N–H and O–H groups in total. The first-order valence-electron chi connectivity index (χ1n) is 8.62. The van der Waals surface area contributed by atoms with Crippen LogP contribution in [-0.2, 0) is 0 Å². The Morgan fingerprint density at radius 1 is 1.19 bits per heavy atom. The fourth-order valence-electron chi connectivity index (χ4n) is 2.58. The average Bonchev–Trinajstić information content (AvgIpc) is 2.64. The number of rotatable bonds is 6. The van der Waals surface area contributed by atoms with Gasteiger partial charge in [0.1, 0.15) is 17.1 Å². The summed E-state index contributed by atoms with van der Waals surface area (Å²) in [5.74, 6) is -0.851. The van der Waals surface area contributed by atoms with Crippen LogP contribution in [0.5, 0.6) is 11.5 Å². The first-order chi connectivity index (χ1) is 12.7. The highest BCUT2D eigenvalue weighted by molar-refractivity contribution is 6.07. The third-order valence-electron chi connectivity index (χ3n) is 4.28. The molecule has 2 aromatic rings. The summed E-state index contributed by atoms with van der Waals surface area (Å²) >= 11 is 0. The normalized spacial score (nSPS) is 13.1. The van der Waals surface area contributed by atoms with Crippen molar-refractivity contribution in [1.82, 2.24) is 4.73 Å². The Bertz CT molecular complexity index is 952. The van der Waals surface area contributed by atoms with Gasteiger partial charge in [0.25, 0.3) is 5.56 Å². The second kappa shape index (κ2) is 8.40. The largest absolute Gasteiger partial charge is 0.508 e. The van der Waals surface area contributed by atoms with Crippen LogP contribution in [0.2, 0.25) is 0 Å². The molecule has 142 valence electrons. The second-order valence-electron chi connectivity index (χ2n) is 6.46. The van der Waals surface area contributed by atoms with Crippen molar-refractivity contribution >= 4 is 5.78 Å². The molecule has 0 saturated carbocycles. The zero-order valence-electron chi connectivity index (χ0n) is 15.5. The lowest BCUT2D eigenvalue weighted by Gasteiger charge is -2.10. The minimum Gasteiger partial charge on any atom is -0.508 e. The highest BCUT2D eigenvalue weighted by Crippen LogP contribution is 2.31. The van der Waals surface area contributed by atoms with Gasteiger partial charge in [-0.1, -0.05) is 50.1 Å². The summed E-state index contributed by atoms with van der Waals surface area (Å²) in [4.78, 5) is 24.7. The van der Waals surface area contributed by atoms with E-state index >= 15 is 0 Å². The summed E-state index contributed by atoms with van der Waals surface area (Å²) in [6, 6.07) is 5.79. The number of ketones is 1. The van der Waals surface area contributed by atoms with E-state index in [0.717, 1.165) is 18.2 Å². The van der Waals surface area contributed by atoms with E-state index < -0.39 is 22.7 Å². The Balaban J connectivity index is 2.47. The number of aromatic hydroxyl groups is 2. The van der Waals surface area contributed by atoms with Crippen LogP contribution in [0.1, 0.15) is 37.6 Å². The second-order valence-corrected chi connectivity index (χ2v) is 6.46. The van der Waals surface area contributed by atoms with Crippen LogP contribution in [-0.4, -0.2) is 25.9 Å². The van der Waals surface area contributed by atoms with Gasteiger partial charge in [0.05, 0.1) is 6.20 Å². The molecule has 2 rings (SSSR count). The molecular formula is C21H23NO5. The number of phenolic OH excluding ortho intramolecular Hbond substituents is 1. The molecule has 0 spiro atoms. The Labute approximate surface area is 157 Å². The summed E-state index contributed by atoms with van der Waals surface area (Å²) in [5, 5.41) is 29.7. The van der Waals surface area contributed by atoms with E-state index in [2.05, 4.69) is 13.8 Å². The molecule has 1 aromatic heterocycles. The van der Waals surface area contributed by atoms with Gasteiger partial charge in [0.2, 0.25) is 0 Å². The van der Waals surface area contributed by atoms with E-state index in [9.17, 15) is 25.0 Å². The van der Waals surface area contributed by atoms with E-state index in [0.29, 0.717) is 11.5 Å². The number of carbonyl (C=O) groups is 1. The lowest BCUT2D eigenvalue weighted by Crippen LogP contribution is -2.24. The van der Waals surface area contributed by atoms with Crippen molar-refractivity contribution in [3.63, 3.8) is 0 Å². The summed E-state index contributed by atoms with van der Waals surface area (Å²) in [6.07, 6.45) is 6.76. The van der Waals surface area contributed by atoms with Crippen molar-refractivity contribution in [2.45, 2.75) is 27.2 Å². The van der Waals surface area contributed by atoms with Crippen molar-refractivity contribution in [3.8, 4) is 22.6 Å². The minimum atomic E-state index is -1.01. The number of carbonyl (C=O) groups excluding carboxylic acids is 1. The fraction of sp³-hybridized carbons (Fsp3) is 0.238. The summed E-state index contributed by atoms with van der Waals surface area (Å²) in [5.41, 5.74) is -0.139. The molecule has 1 heterocycles. The standard InChI is InChI=1S/C21H23NO5/c1-4-13(2)11-14(3)5-10-18(24)19-20(25)17(12-22(27)21(19)26)15-6-8-16(23)9-7-15/h5-13,23,25,27H,4H2,1-3H3/b10-5+,14-11+/t13-/m1/s1. The van der Waals surface area contributed by atoms with Crippen molar-refractivity contribution in [1.29, 1.82) is 0 Å². The molecule has 1 aromatic carbocycles. The van der Waals surface area contributed by atoms with E-state index in [4.69, 9.17) is 0 Å². The smallest absolute Gasteiger partial charge is 0.297 e. The highest BCUT2D eigenvalue weighted by atomic mass is 16.5. The zero-order chi connectivity index (χ0) is 20.1.